The van der Waals surface area contributed by atoms with Crippen molar-refractivity contribution >= 4 is 0 Å². The van der Waals surface area contributed by atoms with Gasteiger partial charge in [0.2, 0.25) is 0 Å². The summed E-state index contributed by atoms with van der Waals surface area (Å²) >= 11 is 0. The lowest BCUT2D eigenvalue weighted by Gasteiger charge is -2.17. The van der Waals surface area contributed by atoms with Crippen LogP contribution in [0.1, 0.15) is 30.5 Å². The van der Waals surface area contributed by atoms with E-state index in [1.165, 1.54) is 0 Å². The first kappa shape index (κ1) is 13.0. The molecular weight excluding hydrogens is 200 g/mol. The molecule has 1 rings (SSSR count). The molecule has 2 unspecified atom stereocenters. The maximum absolute atomic E-state index is 6.14. The summed E-state index contributed by atoms with van der Waals surface area (Å²) in [6, 6.07) is 6.15. The third-order valence-corrected chi connectivity index (χ3v) is 2.91. The number of aryl methyl sites for hydroxylation is 1. The number of hydrogen-bond donors (Lipinski definition) is 2. The maximum Gasteiger partial charge on any atom is 0.121 e. The van der Waals surface area contributed by atoms with Gasteiger partial charge in [-0.15, -0.1) is 0 Å². The van der Waals surface area contributed by atoms with E-state index in [4.69, 9.17) is 16.2 Å². The molecular formula is C13H22N2O. The second kappa shape index (κ2) is 5.87. The Labute approximate surface area is 97.8 Å². The summed E-state index contributed by atoms with van der Waals surface area (Å²) in [7, 11) is 1.68. The van der Waals surface area contributed by atoms with E-state index in [0.717, 1.165) is 23.3 Å². The Hall–Kier alpha value is -1.06. The molecule has 4 N–H and O–H groups in total. The summed E-state index contributed by atoms with van der Waals surface area (Å²) in [6.07, 6.45) is 0.919. The largest absolute Gasteiger partial charge is 0.496 e. The zero-order valence-electron chi connectivity index (χ0n) is 10.4. The van der Waals surface area contributed by atoms with Gasteiger partial charge in [-0.2, -0.15) is 0 Å². The van der Waals surface area contributed by atoms with Crippen LogP contribution in [0, 0.1) is 12.8 Å². The molecule has 0 saturated heterocycles. The van der Waals surface area contributed by atoms with Crippen molar-refractivity contribution < 1.29 is 4.74 Å². The normalized spacial score (nSPS) is 14.6. The van der Waals surface area contributed by atoms with Crippen LogP contribution < -0.4 is 16.2 Å². The molecule has 0 heterocycles. The van der Waals surface area contributed by atoms with Gasteiger partial charge < -0.3 is 16.2 Å². The molecule has 0 aliphatic carbocycles. The molecule has 90 valence electrons. The molecule has 1 aromatic carbocycles. The summed E-state index contributed by atoms with van der Waals surface area (Å²) in [5.41, 5.74) is 14.0. The van der Waals surface area contributed by atoms with Gasteiger partial charge >= 0.3 is 0 Å². The van der Waals surface area contributed by atoms with Crippen LogP contribution in [0.3, 0.4) is 0 Å². The number of benzene rings is 1. The molecule has 0 radical (unpaired) electrons. The van der Waals surface area contributed by atoms with E-state index in [1.807, 2.05) is 19.1 Å². The number of hydrogen-bond acceptors (Lipinski definition) is 3. The molecule has 1 aromatic rings. The molecule has 0 aliphatic heterocycles. The summed E-state index contributed by atoms with van der Waals surface area (Å²) < 4.78 is 5.22. The number of rotatable bonds is 5. The van der Waals surface area contributed by atoms with Crippen molar-refractivity contribution in [2.24, 2.45) is 17.4 Å². The maximum atomic E-state index is 6.14. The summed E-state index contributed by atoms with van der Waals surface area (Å²) in [6.45, 7) is 4.83. The Kier molecular flexibility index (Phi) is 4.77. The number of nitrogens with two attached hydrogens (primary N) is 2. The van der Waals surface area contributed by atoms with E-state index in [-0.39, 0.29) is 6.04 Å². The lowest BCUT2D eigenvalue weighted by Crippen LogP contribution is -2.19. The van der Waals surface area contributed by atoms with Crippen molar-refractivity contribution in [3.63, 3.8) is 0 Å². The standard InChI is InChI=1S/C13H22N2O/c1-9(8-14)6-12(15)11-4-5-13(16-3)10(2)7-11/h4-5,7,9,12H,6,8,14-15H2,1-3H3. The Bertz CT molecular complexity index is 339. The third-order valence-electron chi connectivity index (χ3n) is 2.91. The molecule has 0 amide bonds. The predicted octanol–water partition coefficient (Wildman–Crippen LogP) is 1.99. The first-order valence-electron chi connectivity index (χ1n) is 5.68. The quantitative estimate of drug-likeness (QED) is 0.801. The Morgan fingerprint density at radius 3 is 2.56 bits per heavy atom. The Balaban J connectivity index is 2.76. The fourth-order valence-corrected chi connectivity index (χ4v) is 1.80. The van der Waals surface area contributed by atoms with Gasteiger partial charge in [-0.05, 0) is 43.0 Å². The first-order chi connectivity index (χ1) is 7.58. The van der Waals surface area contributed by atoms with Crippen LogP contribution in [0.4, 0.5) is 0 Å². The molecule has 2 atom stereocenters. The van der Waals surface area contributed by atoms with Gasteiger partial charge in [0.1, 0.15) is 5.75 Å². The Morgan fingerprint density at radius 2 is 2.06 bits per heavy atom. The van der Waals surface area contributed by atoms with Gasteiger partial charge in [0, 0.05) is 6.04 Å². The molecule has 0 aliphatic rings. The van der Waals surface area contributed by atoms with E-state index < -0.39 is 0 Å². The van der Waals surface area contributed by atoms with Crippen molar-refractivity contribution in [1.82, 2.24) is 0 Å². The lowest BCUT2D eigenvalue weighted by molar-refractivity contribution is 0.411. The van der Waals surface area contributed by atoms with Crippen molar-refractivity contribution in [3.05, 3.63) is 29.3 Å². The van der Waals surface area contributed by atoms with Gasteiger partial charge in [0.15, 0.2) is 0 Å². The summed E-state index contributed by atoms with van der Waals surface area (Å²) in [4.78, 5) is 0. The van der Waals surface area contributed by atoms with E-state index in [1.54, 1.807) is 7.11 Å². The topological polar surface area (TPSA) is 61.3 Å². The average molecular weight is 222 g/mol. The van der Waals surface area contributed by atoms with E-state index in [2.05, 4.69) is 13.0 Å². The van der Waals surface area contributed by atoms with Gasteiger partial charge in [-0.25, -0.2) is 0 Å². The minimum atomic E-state index is 0.0585. The second-order valence-corrected chi connectivity index (χ2v) is 4.41. The van der Waals surface area contributed by atoms with Crippen LogP contribution in [-0.4, -0.2) is 13.7 Å². The monoisotopic (exact) mass is 222 g/mol. The van der Waals surface area contributed by atoms with Crippen LogP contribution in [0.15, 0.2) is 18.2 Å². The second-order valence-electron chi connectivity index (χ2n) is 4.41. The molecule has 0 aromatic heterocycles. The third kappa shape index (κ3) is 3.22. The first-order valence-corrected chi connectivity index (χ1v) is 5.68. The van der Waals surface area contributed by atoms with Gasteiger partial charge in [0.25, 0.3) is 0 Å². The SMILES string of the molecule is COc1ccc(C(N)CC(C)CN)cc1C. The highest BCUT2D eigenvalue weighted by atomic mass is 16.5. The van der Waals surface area contributed by atoms with Crippen LogP contribution in [0.25, 0.3) is 0 Å². The van der Waals surface area contributed by atoms with Crippen molar-refractivity contribution in [2.75, 3.05) is 13.7 Å². The van der Waals surface area contributed by atoms with Gasteiger partial charge in [-0.3, -0.25) is 0 Å². The van der Waals surface area contributed by atoms with E-state index in [0.29, 0.717) is 12.5 Å². The van der Waals surface area contributed by atoms with Gasteiger partial charge in [0.05, 0.1) is 7.11 Å². The highest BCUT2D eigenvalue weighted by Crippen LogP contribution is 2.24. The molecule has 3 heteroatoms. The average Bonchev–Trinajstić information content (AvgIpc) is 2.28. The van der Waals surface area contributed by atoms with Crippen LogP contribution in [0.5, 0.6) is 5.75 Å². The molecule has 16 heavy (non-hydrogen) atoms. The molecule has 0 saturated carbocycles. The zero-order chi connectivity index (χ0) is 12.1. The Morgan fingerprint density at radius 1 is 1.38 bits per heavy atom. The van der Waals surface area contributed by atoms with Crippen LogP contribution in [-0.2, 0) is 0 Å². The van der Waals surface area contributed by atoms with E-state index in [9.17, 15) is 0 Å². The number of methoxy groups -OCH3 is 1. The minimum Gasteiger partial charge on any atom is -0.496 e. The van der Waals surface area contributed by atoms with E-state index >= 15 is 0 Å². The highest BCUT2D eigenvalue weighted by Gasteiger charge is 2.11. The summed E-state index contributed by atoms with van der Waals surface area (Å²) in [5.74, 6) is 1.36. The van der Waals surface area contributed by atoms with Gasteiger partial charge in [-0.1, -0.05) is 19.1 Å². The molecule has 0 spiro atoms. The van der Waals surface area contributed by atoms with Crippen LogP contribution in [0.2, 0.25) is 0 Å². The zero-order valence-corrected chi connectivity index (χ0v) is 10.4. The molecule has 0 bridgehead atoms. The summed E-state index contributed by atoms with van der Waals surface area (Å²) in [5, 5.41) is 0. The van der Waals surface area contributed by atoms with Crippen molar-refractivity contribution in [3.8, 4) is 5.75 Å². The smallest absolute Gasteiger partial charge is 0.121 e. The van der Waals surface area contributed by atoms with Crippen molar-refractivity contribution in [1.29, 1.82) is 0 Å². The fourth-order valence-electron chi connectivity index (χ4n) is 1.80. The predicted molar refractivity (Wildman–Crippen MR) is 67.5 cm³/mol. The highest BCUT2D eigenvalue weighted by molar-refractivity contribution is 5.37. The molecule has 3 nitrogen and oxygen atoms in total. The fraction of sp³-hybridized carbons (Fsp3) is 0.538. The van der Waals surface area contributed by atoms with Crippen LogP contribution >= 0.6 is 0 Å². The molecule has 0 fully saturated rings. The van der Waals surface area contributed by atoms with Crippen molar-refractivity contribution in [2.45, 2.75) is 26.3 Å². The minimum absolute atomic E-state index is 0.0585. The number of ether oxygens (including phenoxy) is 1. The lowest BCUT2D eigenvalue weighted by atomic mass is 9.95.